The van der Waals surface area contributed by atoms with Crippen molar-refractivity contribution in [2.24, 2.45) is 5.92 Å². The van der Waals surface area contributed by atoms with Crippen LogP contribution >= 0.6 is 0 Å². The van der Waals surface area contributed by atoms with Crippen LogP contribution in [0.1, 0.15) is 36.7 Å². The van der Waals surface area contributed by atoms with E-state index in [1.165, 1.54) is 14.0 Å². The molecule has 1 amide bonds. The summed E-state index contributed by atoms with van der Waals surface area (Å²) in [5, 5.41) is 2.76. The maximum atomic E-state index is 12.4. The molecule has 0 aromatic heterocycles. The summed E-state index contributed by atoms with van der Waals surface area (Å²) >= 11 is 0. The van der Waals surface area contributed by atoms with E-state index in [0.29, 0.717) is 29.7 Å². The van der Waals surface area contributed by atoms with Crippen LogP contribution in [0.3, 0.4) is 0 Å². The highest BCUT2D eigenvalue weighted by Crippen LogP contribution is 2.29. The fourth-order valence-corrected chi connectivity index (χ4v) is 2.40. The molecule has 28 heavy (non-hydrogen) atoms. The van der Waals surface area contributed by atoms with E-state index in [1.54, 1.807) is 24.3 Å². The third kappa shape index (κ3) is 5.74. The van der Waals surface area contributed by atoms with Gasteiger partial charge in [-0.1, -0.05) is 32.0 Å². The molecule has 0 bridgehead atoms. The van der Waals surface area contributed by atoms with Crippen molar-refractivity contribution >= 4 is 17.6 Å². The summed E-state index contributed by atoms with van der Waals surface area (Å²) in [6.07, 6.45) is -0.949. The Bertz CT molecular complexity index is 831. The number of aryl methyl sites for hydroxylation is 1. The Balaban J connectivity index is 2.03. The number of nitrogens with one attached hydrogen (secondary N) is 1. The van der Waals surface area contributed by atoms with Crippen LogP contribution in [0.25, 0.3) is 0 Å². The van der Waals surface area contributed by atoms with Gasteiger partial charge in [0.15, 0.2) is 17.6 Å². The van der Waals surface area contributed by atoms with E-state index in [9.17, 15) is 9.59 Å². The van der Waals surface area contributed by atoms with Crippen molar-refractivity contribution in [2.45, 2.75) is 33.8 Å². The van der Waals surface area contributed by atoms with Crippen LogP contribution in [0.15, 0.2) is 42.5 Å². The summed E-state index contributed by atoms with van der Waals surface area (Å²) in [7, 11) is 1.50. The van der Waals surface area contributed by atoms with Crippen molar-refractivity contribution in [1.82, 2.24) is 0 Å². The van der Waals surface area contributed by atoms with Gasteiger partial charge in [0.2, 0.25) is 0 Å². The SMILES string of the molecule is COc1cc(C(=O)OC(C)C(=O)Nc2ccccc2C)ccc1OCC(C)C. The molecule has 0 heterocycles. The molecule has 2 rings (SSSR count). The van der Waals surface area contributed by atoms with Crippen molar-refractivity contribution in [3.05, 3.63) is 53.6 Å². The molecule has 1 atom stereocenters. The zero-order chi connectivity index (χ0) is 20.7. The number of hydrogen-bond acceptors (Lipinski definition) is 5. The first-order valence-corrected chi connectivity index (χ1v) is 9.20. The van der Waals surface area contributed by atoms with Crippen molar-refractivity contribution in [3.63, 3.8) is 0 Å². The van der Waals surface area contributed by atoms with Crippen LogP contribution in [-0.4, -0.2) is 31.7 Å². The van der Waals surface area contributed by atoms with E-state index in [4.69, 9.17) is 14.2 Å². The van der Waals surface area contributed by atoms with Crippen LogP contribution < -0.4 is 14.8 Å². The Kier molecular flexibility index (Phi) is 7.44. The Morgan fingerprint density at radius 2 is 1.75 bits per heavy atom. The smallest absolute Gasteiger partial charge is 0.339 e. The normalized spacial score (nSPS) is 11.6. The van der Waals surface area contributed by atoms with Crippen molar-refractivity contribution in [3.8, 4) is 11.5 Å². The third-order valence-electron chi connectivity index (χ3n) is 4.03. The number of benzene rings is 2. The van der Waals surface area contributed by atoms with E-state index >= 15 is 0 Å². The van der Waals surface area contributed by atoms with E-state index < -0.39 is 18.0 Å². The van der Waals surface area contributed by atoms with Crippen molar-refractivity contribution in [1.29, 1.82) is 0 Å². The van der Waals surface area contributed by atoms with Gasteiger partial charge in [0.05, 0.1) is 19.3 Å². The number of hydrogen-bond donors (Lipinski definition) is 1. The van der Waals surface area contributed by atoms with Gasteiger partial charge in [-0.3, -0.25) is 4.79 Å². The number of anilines is 1. The zero-order valence-electron chi connectivity index (χ0n) is 16.9. The number of methoxy groups -OCH3 is 1. The lowest BCUT2D eigenvalue weighted by Gasteiger charge is -2.16. The fourth-order valence-electron chi connectivity index (χ4n) is 2.40. The minimum absolute atomic E-state index is 0.282. The highest BCUT2D eigenvalue weighted by atomic mass is 16.5. The van der Waals surface area contributed by atoms with E-state index in [-0.39, 0.29) is 5.56 Å². The molecule has 6 nitrogen and oxygen atoms in total. The predicted molar refractivity (Wildman–Crippen MR) is 108 cm³/mol. The predicted octanol–water partition coefficient (Wildman–Crippen LogP) is 4.22. The largest absolute Gasteiger partial charge is 0.493 e. The number of ether oxygens (including phenoxy) is 3. The van der Waals surface area contributed by atoms with Gasteiger partial charge in [0.1, 0.15) is 0 Å². The summed E-state index contributed by atoms with van der Waals surface area (Å²) in [5.41, 5.74) is 1.89. The van der Waals surface area contributed by atoms with Crippen LogP contribution in [0.5, 0.6) is 11.5 Å². The molecular weight excluding hydrogens is 358 g/mol. The minimum atomic E-state index is -0.949. The number of rotatable bonds is 8. The van der Waals surface area contributed by atoms with E-state index in [0.717, 1.165) is 5.56 Å². The molecule has 0 spiro atoms. The summed E-state index contributed by atoms with van der Waals surface area (Å²) in [6, 6.07) is 12.2. The monoisotopic (exact) mass is 385 g/mol. The van der Waals surface area contributed by atoms with Gasteiger partial charge in [-0.05, 0) is 49.6 Å². The number of para-hydroxylation sites is 1. The topological polar surface area (TPSA) is 73.9 Å². The Morgan fingerprint density at radius 1 is 1.04 bits per heavy atom. The molecule has 0 fully saturated rings. The first-order chi connectivity index (χ1) is 13.3. The van der Waals surface area contributed by atoms with Crippen molar-refractivity contribution in [2.75, 3.05) is 19.0 Å². The molecular formula is C22H27NO5. The first-order valence-electron chi connectivity index (χ1n) is 9.20. The lowest BCUT2D eigenvalue weighted by atomic mass is 10.2. The molecule has 6 heteroatoms. The molecule has 0 saturated heterocycles. The number of carbonyl (C=O) groups is 2. The van der Waals surface area contributed by atoms with Crippen molar-refractivity contribution < 1.29 is 23.8 Å². The molecule has 2 aromatic carbocycles. The quantitative estimate of drug-likeness (QED) is 0.689. The Morgan fingerprint density at radius 3 is 2.39 bits per heavy atom. The summed E-state index contributed by atoms with van der Waals surface area (Å²) in [6.45, 7) is 8.05. The van der Waals surface area contributed by atoms with Gasteiger partial charge >= 0.3 is 5.97 Å². The lowest BCUT2D eigenvalue weighted by molar-refractivity contribution is -0.123. The van der Waals surface area contributed by atoms with E-state index in [1.807, 2.05) is 39.0 Å². The summed E-state index contributed by atoms with van der Waals surface area (Å²) in [4.78, 5) is 24.8. The number of esters is 1. The highest BCUT2D eigenvalue weighted by Gasteiger charge is 2.20. The molecule has 0 aliphatic carbocycles. The second kappa shape index (κ2) is 9.78. The second-order valence-electron chi connectivity index (χ2n) is 6.92. The maximum absolute atomic E-state index is 12.4. The molecule has 0 aliphatic rings. The van der Waals surface area contributed by atoms with Gasteiger partial charge in [0, 0.05) is 5.69 Å². The number of amides is 1. The number of carbonyl (C=O) groups excluding carboxylic acids is 2. The first kappa shape index (κ1) is 21.3. The van der Waals surface area contributed by atoms with Crippen LogP contribution in [0, 0.1) is 12.8 Å². The summed E-state index contributed by atoms with van der Waals surface area (Å²) in [5.74, 6) is 0.347. The van der Waals surface area contributed by atoms with Gasteiger partial charge in [-0.2, -0.15) is 0 Å². The average molecular weight is 385 g/mol. The van der Waals surface area contributed by atoms with Crippen LogP contribution in [-0.2, 0) is 9.53 Å². The van der Waals surface area contributed by atoms with E-state index in [2.05, 4.69) is 5.32 Å². The van der Waals surface area contributed by atoms with Crippen LogP contribution in [0.2, 0.25) is 0 Å². The van der Waals surface area contributed by atoms with Crippen LogP contribution in [0.4, 0.5) is 5.69 Å². The Labute approximate surface area is 165 Å². The standard InChI is InChI=1S/C22H27NO5/c1-14(2)13-27-19-11-10-17(12-20(19)26-5)22(25)28-16(4)21(24)23-18-9-7-6-8-15(18)3/h6-12,14,16H,13H2,1-5H3,(H,23,24). The van der Waals surface area contributed by atoms with Gasteiger partial charge in [-0.25, -0.2) is 4.79 Å². The highest BCUT2D eigenvalue weighted by molar-refractivity contribution is 5.97. The molecule has 1 unspecified atom stereocenters. The molecule has 1 N–H and O–H groups in total. The third-order valence-corrected chi connectivity index (χ3v) is 4.03. The minimum Gasteiger partial charge on any atom is -0.493 e. The van der Waals surface area contributed by atoms with Gasteiger partial charge in [0.25, 0.3) is 5.91 Å². The summed E-state index contributed by atoms with van der Waals surface area (Å²) < 4.78 is 16.3. The average Bonchev–Trinajstić information content (AvgIpc) is 2.67. The van der Waals surface area contributed by atoms with Gasteiger partial charge in [-0.15, -0.1) is 0 Å². The second-order valence-corrected chi connectivity index (χ2v) is 6.92. The fraction of sp³-hybridized carbons (Fsp3) is 0.364. The zero-order valence-corrected chi connectivity index (χ0v) is 16.9. The lowest BCUT2D eigenvalue weighted by Crippen LogP contribution is -2.30. The van der Waals surface area contributed by atoms with Gasteiger partial charge < -0.3 is 19.5 Å². The molecule has 2 aromatic rings. The molecule has 0 aliphatic heterocycles. The Hall–Kier alpha value is -3.02. The molecule has 0 saturated carbocycles. The molecule has 0 radical (unpaired) electrons. The molecule has 150 valence electrons. The maximum Gasteiger partial charge on any atom is 0.339 e.